The maximum atomic E-state index is 12.9. The van der Waals surface area contributed by atoms with Gasteiger partial charge in [0.05, 0.1) is 0 Å². The lowest BCUT2D eigenvalue weighted by atomic mass is 10.1. The zero-order valence-electron chi connectivity index (χ0n) is 45.1. The topological polar surface area (TPSA) is 78.9 Å². The third-order valence-corrected chi connectivity index (χ3v) is 12.7. The predicted molar refractivity (Wildman–Crippen MR) is 293 cm³/mol. The van der Waals surface area contributed by atoms with Gasteiger partial charge in [-0.05, 0) is 103 Å². The molecule has 0 aliphatic rings. The summed E-state index contributed by atoms with van der Waals surface area (Å²) in [5.74, 6) is -0.928. The Labute approximate surface area is 421 Å². The van der Waals surface area contributed by atoms with Crippen molar-refractivity contribution in [3.63, 3.8) is 0 Å². The Balaban J connectivity index is 4.36. The lowest BCUT2D eigenvalue weighted by Crippen LogP contribution is -2.30. The molecule has 0 saturated carbocycles. The van der Waals surface area contributed by atoms with Crippen molar-refractivity contribution in [2.24, 2.45) is 0 Å². The molecule has 0 radical (unpaired) electrons. The van der Waals surface area contributed by atoms with Crippen LogP contribution in [-0.4, -0.2) is 37.2 Å². The van der Waals surface area contributed by atoms with Crippen LogP contribution >= 0.6 is 0 Å². The van der Waals surface area contributed by atoms with Crippen molar-refractivity contribution in [3.8, 4) is 0 Å². The molecule has 1 unspecified atom stereocenters. The van der Waals surface area contributed by atoms with Crippen LogP contribution in [0.2, 0.25) is 0 Å². The van der Waals surface area contributed by atoms with Crippen molar-refractivity contribution >= 4 is 17.9 Å². The van der Waals surface area contributed by atoms with Crippen LogP contribution in [0.1, 0.15) is 297 Å². The number of carbonyl (C=O) groups excluding carboxylic acids is 3. The summed E-state index contributed by atoms with van der Waals surface area (Å²) in [5.41, 5.74) is 0. The van der Waals surface area contributed by atoms with Crippen molar-refractivity contribution in [1.29, 1.82) is 0 Å². The molecule has 0 aliphatic carbocycles. The van der Waals surface area contributed by atoms with Crippen LogP contribution in [0, 0.1) is 0 Å². The highest BCUT2D eigenvalue weighted by Gasteiger charge is 2.19. The van der Waals surface area contributed by atoms with Crippen LogP contribution in [0.3, 0.4) is 0 Å². The van der Waals surface area contributed by atoms with Crippen LogP contribution < -0.4 is 0 Å². The first kappa shape index (κ1) is 65.1. The molecule has 0 fully saturated rings. The number of esters is 3. The van der Waals surface area contributed by atoms with E-state index in [0.717, 1.165) is 77.0 Å². The second-order valence-electron chi connectivity index (χ2n) is 19.5. The van der Waals surface area contributed by atoms with E-state index in [-0.39, 0.29) is 31.1 Å². The highest BCUT2D eigenvalue weighted by atomic mass is 16.6. The second-order valence-corrected chi connectivity index (χ2v) is 19.5. The SMILES string of the molecule is CC/C=C\C/C=C\C/C=C\CCCCC(=O)OCC(COC(=O)CCCCCCCCC/C=C\CCCCCCCCCC)OC(=O)CCCCCCCCC/C=C\CCCCCCCCCC. The number of rotatable bonds is 53. The lowest BCUT2D eigenvalue weighted by molar-refractivity contribution is -0.167. The molecule has 0 aromatic heterocycles. The molecule has 0 aromatic carbocycles. The van der Waals surface area contributed by atoms with Gasteiger partial charge >= 0.3 is 17.9 Å². The molecule has 0 heterocycles. The summed E-state index contributed by atoms with van der Waals surface area (Å²) in [4.78, 5) is 38.1. The quantitative estimate of drug-likeness (QED) is 0.0262. The number of carbonyl (C=O) groups is 3. The highest BCUT2D eigenvalue weighted by molar-refractivity contribution is 5.71. The Morgan fingerprint density at radius 2 is 0.574 bits per heavy atom. The molecule has 0 N–H and O–H groups in total. The normalized spacial score (nSPS) is 12.5. The summed E-state index contributed by atoms with van der Waals surface area (Å²) in [7, 11) is 0. The summed E-state index contributed by atoms with van der Waals surface area (Å²) in [6, 6.07) is 0. The average Bonchev–Trinajstić information content (AvgIpc) is 3.34. The van der Waals surface area contributed by atoms with E-state index in [4.69, 9.17) is 14.2 Å². The van der Waals surface area contributed by atoms with Crippen LogP contribution in [0.15, 0.2) is 60.8 Å². The molecular weight excluding hydrogens is 841 g/mol. The van der Waals surface area contributed by atoms with E-state index in [9.17, 15) is 14.4 Å². The fourth-order valence-corrected chi connectivity index (χ4v) is 8.33. The van der Waals surface area contributed by atoms with Crippen molar-refractivity contribution in [2.45, 2.75) is 303 Å². The number of hydrogen-bond donors (Lipinski definition) is 0. The minimum atomic E-state index is -0.793. The first-order chi connectivity index (χ1) is 33.5. The molecule has 1 atom stereocenters. The maximum Gasteiger partial charge on any atom is 0.306 e. The summed E-state index contributed by atoms with van der Waals surface area (Å²) < 4.78 is 16.8. The Morgan fingerprint density at radius 1 is 0.309 bits per heavy atom. The molecule has 0 rings (SSSR count). The third-order valence-electron chi connectivity index (χ3n) is 12.7. The minimum absolute atomic E-state index is 0.0893. The van der Waals surface area contributed by atoms with E-state index >= 15 is 0 Å². The van der Waals surface area contributed by atoms with E-state index in [2.05, 4.69) is 81.5 Å². The van der Waals surface area contributed by atoms with Gasteiger partial charge < -0.3 is 14.2 Å². The molecule has 394 valence electrons. The highest BCUT2D eigenvalue weighted by Crippen LogP contribution is 2.15. The maximum absolute atomic E-state index is 12.9. The van der Waals surface area contributed by atoms with Gasteiger partial charge in [-0.25, -0.2) is 0 Å². The minimum Gasteiger partial charge on any atom is -0.462 e. The molecule has 0 spiro atoms. The Hall–Kier alpha value is -2.89. The predicted octanol–water partition coefficient (Wildman–Crippen LogP) is 19.6. The fraction of sp³-hybridized carbons (Fsp3) is 0.790. The summed E-state index contributed by atoms with van der Waals surface area (Å²) in [5, 5.41) is 0. The number of ether oxygens (including phenoxy) is 3. The molecule has 0 amide bonds. The van der Waals surface area contributed by atoms with Crippen molar-refractivity contribution in [2.75, 3.05) is 13.2 Å². The van der Waals surface area contributed by atoms with Crippen LogP contribution in [0.4, 0.5) is 0 Å². The van der Waals surface area contributed by atoms with Crippen molar-refractivity contribution in [3.05, 3.63) is 60.8 Å². The zero-order chi connectivity index (χ0) is 49.3. The number of hydrogen-bond acceptors (Lipinski definition) is 6. The van der Waals surface area contributed by atoms with Gasteiger partial charge in [-0.2, -0.15) is 0 Å². The summed E-state index contributed by atoms with van der Waals surface area (Å²) >= 11 is 0. The van der Waals surface area contributed by atoms with Gasteiger partial charge in [-0.15, -0.1) is 0 Å². The Kier molecular flexibility index (Phi) is 54.3. The summed E-state index contributed by atoms with van der Waals surface area (Å²) in [6.45, 7) is 6.51. The molecule has 6 heteroatoms. The van der Waals surface area contributed by atoms with E-state index in [1.807, 2.05) is 0 Å². The van der Waals surface area contributed by atoms with Crippen LogP contribution in [-0.2, 0) is 28.6 Å². The largest absolute Gasteiger partial charge is 0.462 e. The van der Waals surface area contributed by atoms with E-state index in [1.54, 1.807) is 0 Å². The van der Waals surface area contributed by atoms with Gasteiger partial charge in [-0.3, -0.25) is 14.4 Å². The van der Waals surface area contributed by atoms with Crippen LogP contribution in [0.25, 0.3) is 0 Å². The molecule has 0 bridgehead atoms. The molecule has 68 heavy (non-hydrogen) atoms. The Morgan fingerprint density at radius 3 is 0.941 bits per heavy atom. The lowest BCUT2D eigenvalue weighted by Gasteiger charge is -2.18. The summed E-state index contributed by atoms with van der Waals surface area (Å²) in [6.07, 6.45) is 70.8. The van der Waals surface area contributed by atoms with E-state index in [1.165, 1.54) is 180 Å². The van der Waals surface area contributed by atoms with Crippen molar-refractivity contribution < 1.29 is 28.6 Å². The first-order valence-electron chi connectivity index (χ1n) is 29.3. The smallest absolute Gasteiger partial charge is 0.306 e. The average molecular weight is 952 g/mol. The van der Waals surface area contributed by atoms with Gasteiger partial charge in [0.25, 0.3) is 0 Å². The Bertz CT molecular complexity index is 1230. The first-order valence-corrected chi connectivity index (χ1v) is 29.3. The number of unbranched alkanes of at least 4 members (excludes halogenated alkanes) is 32. The number of allylic oxidation sites excluding steroid dienone is 10. The van der Waals surface area contributed by atoms with Crippen LogP contribution in [0.5, 0.6) is 0 Å². The molecule has 0 aromatic rings. The third kappa shape index (κ3) is 54.1. The van der Waals surface area contributed by atoms with E-state index in [0.29, 0.717) is 19.3 Å². The molecular formula is C62H110O6. The fourth-order valence-electron chi connectivity index (χ4n) is 8.33. The van der Waals surface area contributed by atoms with Gasteiger partial charge in [-0.1, -0.05) is 236 Å². The second kappa shape index (κ2) is 56.7. The van der Waals surface area contributed by atoms with Gasteiger partial charge in [0.2, 0.25) is 0 Å². The molecule has 6 nitrogen and oxygen atoms in total. The van der Waals surface area contributed by atoms with E-state index < -0.39 is 6.10 Å². The van der Waals surface area contributed by atoms with Crippen molar-refractivity contribution in [1.82, 2.24) is 0 Å². The molecule has 0 saturated heterocycles. The monoisotopic (exact) mass is 951 g/mol. The van der Waals surface area contributed by atoms with Gasteiger partial charge in [0, 0.05) is 19.3 Å². The standard InChI is InChI=1S/C62H110O6/c1-4-7-10-13-16-19-22-25-27-29-31-33-35-37-40-43-46-49-52-55-61(64)67-58-59(57-66-60(63)54-51-48-45-42-39-24-21-18-15-12-9-6-3)68-62(65)56-53-50-47-44-41-38-36-34-32-30-28-26-23-20-17-14-11-8-5-2/h9,12,18,21,29-32,39,42,59H,4-8,10-11,13-17,19-20,22-28,33-38,40-41,43-58H2,1-3H3/b12-9-,21-18-,31-29-,32-30-,42-39-. The van der Waals surface area contributed by atoms with Gasteiger partial charge in [0.15, 0.2) is 6.10 Å². The zero-order valence-corrected chi connectivity index (χ0v) is 45.1. The van der Waals surface area contributed by atoms with Gasteiger partial charge in [0.1, 0.15) is 13.2 Å². The molecule has 0 aliphatic heterocycles.